The topological polar surface area (TPSA) is 78.1 Å². The van der Waals surface area contributed by atoms with Crippen LogP contribution in [0.3, 0.4) is 0 Å². The molecule has 0 spiro atoms. The lowest BCUT2D eigenvalue weighted by atomic mass is 10.1. The van der Waals surface area contributed by atoms with Gasteiger partial charge < -0.3 is 10.5 Å². The molecule has 5 heteroatoms. The SMILES string of the molecule is COC(=O)c1nnc(N)c(C)c1C. The molecule has 0 radical (unpaired) electrons. The van der Waals surface area contributed by atoms with Crippen LogP contribution in [0.2, 0.25) is 0 Å². The first-order valence-electron chi connectivity index (χ1n) is 3.75. The van der Waals surface area contributed by atoms with Gasteiger partial charge >= 0.3 is 5.97 Å². The molecule has 13 heavy (non-hydrogen) atoms. The Bertz CT molecular complexity index is 349. The van der Waals surface area contributed by atoms with Crippen molar-refractivity contribution in [2.45, 2.75) is 13.8 Å². The van der Waals surface area contributed by atoms with Gasteiger partial charge in [-0.15, -0.1) is 10.2 Å². The van der Waals surface area contributed by atoms with E-state index in [1.54, 1.807) is 13.8 Å². The maximum absolute atomic E-state index is 11.1. The summed E-state index contributed by atoms with van der Waals surface area (Å²) in [4.78, 5) is 11.1. The van der Waals surface area contributed by atoms with Gasteiger partial charge in [0.2, 0.25) is 0 Å². The van der Waals surface area contributed by atoms with Crippen LogP contribution in [-0.4, -0.2) is 23.3 Å². The Balaban J connectivity index is 3.26. The third-order valence-corrected chi connectivity index (χ3v) is 1.94. The summed E-state index contributed by atoms with van der Waals surface area (Å²) in [7, 11) is 1.30. The second kappa shape index (κ2) is 3.38. The summed E-state index contributed by atoms with van der Waals surface area (Å²) in [6, 6.07) is 0. The maximum Gasteiger partial charge on any atom is 0.358 e. The van der Waals surface area contributed by atoms with Gasteiger partial charge in [-0.2, -0.15) is 0 Å². The highest BCUT2D eigenvalue weighted by Gasteiger charge is 2.14. The third-order valence-electron chi connectivity index (χ3n) is 1.94. The molecule has 1 aromatic rings. The number of hydrogen-bond acceptors (Lipinski definition) is 5. The normalized spacial score (nSPS) is 9.77. The van der Waals surface area contributed by atoms with E-state index in [2.05, 4.69) is 14.9 Å². The molecule has 0 aliphatic rings. The number of methoxy groups -OCH3 is 1. The lowest BCUT2D eigenvalue weighted by Crippen LogP contribution is -2.11. The highest BCUT2D eigenvalue weighted by Crippen LogP contribution is 2.14. The van der Waals surface area contributed by atoms with Crippen LogP contribution in [0.25, 0.3) is 0 Å². The van der Waals surface area contributed by atoms with Crippen molar-refractivity contribution in [1.29, 1.82) is 0 Å². The number of nitrogens with two attached hydrogens (primary N) is 1. The zero-order chi connectivity index (χ0) is 10.0. The van der Waals surface area contributed by atoms with Gasteiger partial charge in [-0.1, -0.05) is 0 Å². The zero-order valence-corrected chi connectivity index (χ0v) is 7.79. The number of ether oxygens (including phenoxy) is 1. The van der Waals surface area contributed by atoms with Gasteiger partial charge in [0.05, 0.1) is 7.11 Å². The van der Waals surface area contributed by atoms with Gasteiger partial charge in [0.15, 0.2) is 5.69 Å². The molecule has 1 rings (SSSR count). The highest BCUT2D eigenvalue weighted by atomic mass is 16.5. The van der Waals surface area contributed by atoms with Crippen molar-refractivity contribution in [2.24, 2.45) is 0 Å². The largest absolute Gasteiger partial charge is 0.464 e. The van der Waals surface area contributed by atoms with E-state index in [9.17, 15) is 4.79 Å². The van der Waals surface area contributed by atoms with Crippen LogP contribution < -0.4 is 5.73 Å². The smallest absolute Gasteiger partial charge is 0.358 e. The Hall–Kier alpha value is -1.65. The molecule has 2 N–H and O–H groups in total. The molecule has 0 aromatic carbocycles. The van der Waals surface area contributed by atoms with Gasteiger partial charge in [0.1, 0.15) is 5.82 Å². The number of anilines is 1. The lowest BCUT2D eigenvalue weighted by molar-refractivity contribution is 0.0591. The number of rotatable bonds is 1. The highest BCUT2D eigenvalue weighted by molar-refractivity contribution is 5.89. The van der Waals surface area contributed by atoms with E-state index in [1.165, 1.54) is 7.11 Å². The molecule has 0 fully saturated rings. The molecular weight excluding hydrogens is 170 g/mol. The minimum Gasteiger partial charge on any atom is -0.464 e. The lowest BCUT2D eigenvalue weighted by Gasteiger charge is -2.05. The molecule has 0 aliphatic heterocycles. The molecule has 5 nitrogen and oxygen atoms in total. The van der Waals surface area contributed by atoms with Crippen molar-refractivity contribution in [2.75, 3.05) is 12.8 Å². The molecule has 1 aromatic heterocycles. The average molecular weight is 181 g/mol. The van der Waals surface area contributed by atoms with Crippen molar-refractivity contribution in [3.05, 3.63) is 16.8 Å². The number of hydrogen-bond donors (Lipinski definition) is 1. The first-order chi connectivity index (χ1) is 6.07. The summed E-state index contributed by atoms with van der Waals surface area (Å²) in [5.74, 6) is -0.154. The molecule has 0 saturated carbocycles. The fourth-order valence-corrected chi connectivity index (χ4v) is 0.914. The predicted octanol–water partition coefficient (Wildman–Crippen LogP) is 0.462. The van der Waals surface area contributed by atoms with Gasteiger partial charge in [0.25, 0.3) is 0 Å². The Kier molecular flexibility index (Phi) is 2.46. The van der Waals surface area contributed by atoms with Crippen molar-refractivity contribution in [3.8, 4) is 0 Å². The van der Waals surface area contributed by atoms with Crippen LogP contribution >= 0.6 is 0 Å². The van der Waals surface area contributed by atoms with Gasteiger partial charge in [-0.3, -0.25) is 0 Å². The van der Waals surface area contributed by atoms with E-state index in [1.807, 2.05) is 0 Å². The minimum atomic E-state index is -0.492. The summed E-state index contributed by atoms with van der Waals surface area (Å²) in [6.45, 7) is 3.54. The van der Waals surface area contributed by atoms with Gasteiger partial charge in [-0.25, -0.2) is 4.79 Å². The molecule has 0 saturated heterocycles. The molecule has 0 bridgehead atoms. The van der Waals surface area contributed by atoms with Gasteiger partial charge in [0, 0.05) is 0 Å². The third kappa shape index (κ3) is 1.58. The summed E-state index contributed by atoms with van der Waals surface area (Å²) >= 11 is 0. The fourth-order valence-electron chi connectivity index (χ4n) is 0.914. The Labute approximate surface area is 75.9 Å². The fraction of sp³-hybridized carbons (Fsp3) is 0.375. The maximum atomic E-state index is 11.1. The van der Waals surface area contributed by atoms with E-state index < -0.39 is 5.97 Å². The first-order valence-corrected chi connectivity index (χ1v) is 3.75. The zero-order valence-electron chi connectivity index (χ0n) is 7.79. The molecule has 0 unspecified atom stereocenters. The second-order valence-corrected chi connectivity index (χ2v) is 2.68. The van der Waals surface area contributed by atoms with Crippen molar-refractivity contribution < 1.29 is 9.53 Å². The molecule has 0 aliphatic carbocycles. The monoisotopic (exact) mass is 181 g/mol. The van der Waals surface area contributed by atoms with Crippen LogP contribution in [0.5, 0.6) is 0 Å². The Morgan fingerprint density at radius 1 is 1.31 bits per heavy atom. The molecule has 0 amide bonds. The summed E-state index contributed by atoms with van der Waals surface area (Å²) in [5, 5.41) is 7.30. The van der Waals surface area contributed by atoms with Crippen molar-refractivity contribution in [3.63, 3.8) is 0 Å². The van der Waals surface area contributed by atoms with E-state index in [-0.39, 0.29) is 5.69 Å². The Morgan fingerprint density at radius 3 is 2.46 bits per heavy atom. The number of carbonyl (C=O) groups is 1. The van der Waals surface area contributed by atoms with E-state index in [0.717, 1.165) is 5.56 Å². The van der Waals surface area contributed by atoms with E-state index >= 15 is 0 Å². The molecule has 1 heterocycles. The van der Waals surface area contributed by atoms with E-state index in [4.69, 9.17) is 5.73 Å². The number of aromatic nitrogens is 2. The predicted molar refractivity (Wildman–Crippen MR) is 47.3 cm³/mol. The number of nitrogens with zero attached hydrogens (tertiary/aromatic N) is 2. The van der Waals surface area contributed by atoms with Crippen molar-refractivity contribution in [1.82, 2.24) is 10.2 Å². The summed E-state index contributed by atoms with van der Waals surface area (Å²) in [6.07, 6.45) is 0. The first kappa shape index (κ1) is 9.44. The second-order valence-electron chi connectivity index (χ2n) is 2.68. The number of nitrogen functional groups attached to an aromatic ring is 1. The van der Waals surface area contributed by atoms with E-state index in [0.29, 0.717) is 11.4 Å². The average Bonchev–Trinajstić information content (AvgIpc) is 2.13. The van der Waals surface area contributed by atoms with Crippen LogP contribution in [-0.2, 0) is 4.74 Å². The number of carbonyl (C=O) groups excluding carboxylic acids is 1. The minimum absolute atomic E-state index is 0.217. The van der Waals surface area contributed by atoms with Crippen LogP contribution in [0.15, 0.2) is 0 Å². The molecule has 0 atom stereocenters. The summed E-state index contributed by atoms with van der Waals surface area (Å²) in [5.41, 5.74) is 7.19. The Morgan fingerprint density at radius 2 is 1.92 bits per heavy atom. The van der Waals surface area contributed by atoms with Gasteiger partial charge in [-0.05, 0) is 25.0 Å². The quantitative estimate of drug-likeness (QED) is 0.637. The van der Waals surface area contributed by atoms with Crippen LogP contribution in [0.1, 0.15) is 21.6 Å². The summed E-state index contributed by atoms with van der Waals surface area (Å²) < 4.78 is 4.53. The molecular formula is C8H11N3O2. The number of esters is 1. The standard InChI is InChI=1S/C8H11N3O2/c1-4-5(2)7(9)11-10-6(4)8(12)13-3/h1-3H3,(H2,9,11). The van der Waals surface area contributed by atoms with Crippen molar-refractivity contribution >= 4 is 11.8 Å². The molecule has 70 valence electrons. The van der Waals surface area contributed by atoms with Crippen LogP contribution in [0.4, 0.5) is 5.82 Å². The van der Waals surface area contributed by atoms with Crippen LogP contribution in [0, 0.1) is 13.8 Å².